The van der Waals surface area contributed by atoms with E-state index in [4.69, 9.17) is 0 Å². The molecular formula is C15H32N6. The Morgan fingerprint density at radius 3 is 2.62 bits per heavy atom. The fourth-order valence-corrected chi connectivity index (χ4v) is 2.06. The van der Waals surface area contributed by atoms with E-state index in [0.29, 0.717) is 5.92 Å². The van der Waals surface area contributed by atoms with Gasteiger partial charge in [-0.3, -0.25) is 4.68 Å². The molecule has 1 aromatic heterocycles. The van der Waals surface area contributed by atoms with Gasteiger partial charge >= 0.3 is 0 Å². The number of likely N-dealkylation sites (N-methyl/N-ethyl adjacent to an activating group) is 1. The molecule has 0 saturated heterocycles. The molecule has 1 N–H and O–H groups in total. The first-order valence-corrected chi connectivity index (χ1v) is 7.90. The molecule has 6 heteroatoms. The maximum Gasteiger partial charge on any atom is 0.0964 e. The first kappa shape index (κ1) is 18.1. The van der Waals surface area contributed by atoms with E-state index in [1.165, 1.54) is 6.42 Å². The number of nitrogens with one attached hydrogen (secondary N) is 1. The minimum Gasteiger partial charge on any atom is -0.311 e. The fourth-order valence-electron chi connectivity index (χ4n) is 2.06. The number of hydrogen-bond donors (Lipinski definition) is 1. The van der Waals surface area contributed by atoms with Gasteiger partial charge in [-0.25, -0.2) is 0 Å². The van der Waals surface area contributed by atoms with Crippen LogP contribution in [0.1, 0.15) is 26.0 Å². The van der Waals surface area contributed by atoms with Crippen LogP contribution in [0.3, 0.4) is 0 Å². The van der Waals surface area contributed by atoms with Crippen molar-refractivity contribution in [1.29, 1.82) is 0 Å². The second kappa shape index (κ2) is 9.87. The molecule has 122 valence electrons. The van der Waals surface area contributed by atoms with Gasteiger partial charge in [0.15, 0.2) is 0 Å². The van der Waals surface area contributed by atoms with Crippen LogP contribution in [0.5, 0.6) is 0 Å². The molecule has 0 radical (unpaired) electrons. The second-order valence-corrected chi connectivity index (χ2v) is 6.46. The van der Waals surface area contributed by atoms with Gasteiger partial charge in [-0.05, 0) is 53.1 Å². The predicted octanol–water partition coefficient (Wildman–Crippen LogP) is 0.907. The summed E-state index contributed by atoms with van der Waals surface area (Å²) < 4.78 is 1.94. The van der Waals surface area contributed by atoms with E-state index in [9.17, 15) is 0 Å². The normalized spacial score (nSPS) is 12.0. The van der Waals surface area contributed by atoms with Gasteiger partial charge in [0.1, 0.15) is 0 Å². The maximum absolute atomic E-state index is 4.20. The summed E-state index contributed by atoms with van der Waals surface area (Å²) in [5, 5.41) is 11.8. The molecule has 0 saturated carbocycles. The van der Waals surface area contributed by atoms with E-state index < -0.39 is 0 Å². The lowest BCUT2D eigenvalue weighted by Gasteiger charge is -2.17. The van der Waals surface area contributed by atoms with E-state index in [2.05, 4.69) is 60.4 Å². The van der Waals surface area contributed by atoms with Crippen molar-refractivity contribution in [3.8, 4) is 0 Å². The number of nitrogens with zero attached hydrogens (tertiary/aromatic N) is 5. The summed E-state index contributed by atoms with van der Waals surface area (Å²) in [6, 6.07) is 0. The van der Waals surface area contributed by atoms with Crippen molar-refractivity contribution in [2.45, 2.75) is 33.4 Å². The van der Waals surface area contributed by atoms with Gasteiger partial charge in [0.05, 0.1) is 12.2 Å². The highest BCUT2D eigenvalue weighted by molar-refractivity contribution is 4.91. The zero-order valence-corrected chi connectivity index (χ0v) is 14.3. The molecule has 1 aromatic rings. The van der Waals surface area contributed by atoms with Crippen molar-refractivity contribution in [2.75, 3.05) is 47.3 Å². The van der Waals surface area contributed by atoms with E-state index >= 15 is 0 Å². The third-order valence-corrected chi connectivity index (χ3v) is 3.30. The topological polar surface area (TPSA) is 49.2 Å². The molecule has 6 nitrogen and oxygen atoms in total. The fraction of sp³-hybridized carbons (Fsp3) is 0.867. The lowest BCUT2D eigenvalue weighted by molar-refractivity contribution is 0.285. The first-order chi connectivity index (χ1) is 9.97. The van der Waals surface area contributed by atoms with E-state index in [-0.39, 0.29) is 0 Å². The molecule has 0 aliphatic rings. The summed E-state index contributed by atoms with van der Waals surface area (Å²) in [5.41, 5.74) is 1.02. The second-order valence-electron chi connectivity index (χ2n) is 6.46. The average Bonchev–Trinajstić information content (AvgIpc) is 2.83. The Labute approximate surface area is 129 Å². The van der Waals surface area contributed by atoms with Crippen molar-refractivity contribution in [3.63, 3.8) is 0 Å². The van der Waals surface area contributed by atoms with Crippen molar-refractivity contribution in [2.24, 2.45) is 5.92 Å². The number of rotatable bonds is 11. The Hall–Kier alpha value is -0.980. The Morgan fingerprint density at radius 1 is 1.19 bits per heavy atom. The van der Waals surface area contributed by atoms with E-state index in [1.54, 1.807) is 0 Å². The van der Waals surface area contributed by atoms with Crippen LogP contribution in [0.25, 0.3) is 0 Å². The van der Waals surface area contributed by atoms with Crippen LogP contribution < -0.4 is 5.32 Å². The summed E-state index contributed by atoms with van der Waals surface area (Å²) in [6.45, 7) is 10.4. The van der Waals surface area contributed by atoms with Gasteiger partial charge in [-0.1, -0.05) is 19.1 Å². The zero-order chi connectivity index (χ0) is 15.7. The minimum absolute atomic E-state index is 0.663. The molecule has 1 heterocycles. The maximum atomic E-state index is 4.20. The highest BCUT2D eigenvalue weighted by atomic mass is 15.4. The Bertz CT molecular complexity index is 374. The Balaban J connectivity index is 2.18. The molecule has 0 amide bonds. The standard InChI is InChI=1S/C15H32N6/c1-14(2)11-16-12-15-13-21(18-17-15)10-9-20(5)8-6-7-19(3)4/h13-14,16H,6-12H2,1-5H3. The summed E-state index contributed by atoms with van der Waals surface area (Å²) >= 11 is 0. The highest BCUT2D eigenvalue weighted by Gasteiger charge is 2.03. The molecule has 21 heavy (non-hydrogen) atoms. The lowest BCUT2D eigenvalue weighted by Crippen LogP contribution is -2.27. The molecule has 0 spiro atoms. The molecule has 0 aliphatic carbocycles. The Morgan fingerprint density at radius 2 is 1.95 bits per heavy atom. The molecule has 0 fully saturated rings. The summed E-state index contributed by atoms with van der Waals surface area (Å²) in [7, 11) is 6.40. The summed E-state index contributed by atoms with van der Waals surface area (Å²) in [6.07, 6.45) is 3.24. The Kier molecular flexibility index (Phi) is 8.49. The van der Waals surface area contributed by atoms with Crippen LogP contribution in [0.4, 0.5) is 0 Å². The van der Waals surface area contributed by atoms with Crippen molar-refractivity contribution >= 4 is 0 Å². The monoisotopic (exact) mass is 296 g/mol. The summed E-state index contributed by atoms with van der Waals surface area (Å²) in [5.74, 6) is 0.663. The third-order valence-electron chi connectivity index (χ3n) is 3.30. The van der Waals surface area contributed by atoms with Gasteiger partial charge in [0, 0.05) is 19.3 Å². The SMILES string of the molecule is CC(C)CNCc1cn(CCN(C)CCCN(C)C)nn1. The summed E-state index contributed by atoms with van der Waals surface area (Å²) in [4.78, 5) is 4.57. The molecule has 0 aliphatic heterocycles. The first-order valence-electron chi connectivity index (χ1n) is 7.90. The highest BCUT2D eigenvalue weighted by Crippen LogP contribution is 1.96. The van der Waals surface area contributed by atoms with Crippen LogP contribution in [0, 0.1) is 5.92 Å². The number of aromatic nitrogens is 3. The van der Waals surface area contributed by atoms with Crippen LogP contribution in [-0.2, 0) is 13.1 Å². The van der Waals surface area contributed by atoms with E-state index in [0.717, 1.165) is 45.0 Å². The zero-order valence-electron chi connectivity index (χ0n) is 14.3. The number of hydrogen-bond acceptors (Lipinski definition) is 5. The van der Waals surface area contributed by atoms with E-state index in [1.807, 2.05) is 10.9 Å². The largest absolute Gasteiger partial charge is 0.311 e. The molecular weight excluding hydrogens is 264 g/mol. The van der Waals surface area contributed by atoms with Gasteiger partial charge in [0.25, 0.3) is 0 Å². The lowest BCUT2D eigenvalue weighted by atomic mass is 10.2. The molecule has 0 aromatic carbocycles. The van der Waals surface area contributed by atoms with Crippen molar-refractivity contribution < 1.29 is 0 Å². The van der Waals surface area contributed by atoms with Crippen LogP contribution in [-0.4, -0.2) is 72.1 Å². The average molecular weight is 296 g/mol. The smallest absolute Gasteiger partial charge is 0.0964 e. The molecule has 0 unspecified atom stereocenters. The molecule has 0 atom stereocenters. The van der Waals surface area contributed by atoms with Crippen LogP contribution in [0.15, 0.2) is 6.20 Å². The molecule has 0 bridgehead atoms. The van der Waals surface area contributed by atoms with Crippen LogP contribution in [0.2, 0.25) is 0 Å². The quantitative estimate of drug-likeness (QED) is 0.658. The van der Waals surface area contributed by atoms with Crippen LogP contribution >= 0.6 is 0 Å². The molecule has 1 rings (SSSR count). The third kappa shape index (κ3) is 8.80. The van der Waals surface area contributed by atoms with Gasteiger partial charge < -0.3 is 15.1 Å². The van der Waals surface area contributed by atoms with Gasteiger partial charge in [-0.15, -0.1) is 5.10 Å². The minimum atomic E-state index is 0.663. The van der Waals surface area contributed by atoms with Crippen molar-refractivity contribution in [3.05, 3.63) is 11.9 Å². The van der Waals surface area contributed by atoms with Crippen molar-refractivity contribution in [1.82, 2.24) is 30.1 Å². The predicted molar refractivity (Wildman–Crippen MR) is 87.2 cm³/mol. The van der Waals surface area contributed by atoms with Gasteiger partial charge in [-0.2, -0.15) is 0 Å². The van der Waals surface area contributed by atoms with Gasteiger partial charge in [0.2, 0.25) is 0 Å².